The van der Waals surface area contributed by atoms with Gasteiger partial charge in [-0.25, -0.2) is 9.78 Å². The van der Waals surface area contributed by atoms with E-state index >= 15 is 0 Å². The molecular weight excluding hydrogens is 282 g/mol. The number of hydrogen-bond donors (Lipinski definition) is 1. The molecule has 0 radical (unpaired) electrons. The van der Waals surface area contributed by atoms with Crippen LogP contribution in [0.3, 0.4) is 0 Å². The van der Waals surface area contributed by atoms with Crippen molar-refractivity contribution in [3.05, 3.63) is 29.6 Å². The molecule has 0 aliphatic rings. The van der Waals surface area contributed by atoms with E-state index in [-0.39, 0.29) is 5.91 Å². The standard InChI is InChI=1S/C16H21N3O3/c1-6-16(3,15(21)22-5)18-14(20)11-7-8-13-12(9-11)17-10(2)19(13)4/h7-9H,6H2,1-5H3,(H,18,20)/t16-/m0/s1. The number of aromatic nitrogens is 2. The zero-order valence-corrected chi connectivity index (χ0v) is 13.6. The number of carbonyl (C=O) groups is 2. The zero-order valence-electron chi connectivity index (χ0n) is 13.6. The molecule has 2 aromatic rings. The van der Waals surface area contributed by atoms with Crippen LogP contribution in [0.1, 0.15) is 36.5 Å². The molecule has 0 aliphatic carbocycles. The fourth-order valence-electron chi connectivity index (χ4n) is 2.29. The molecule has 1 aromatic heterocycles. The van der Waals surface area contributed by atoms with E-state index in [2.05, 4.69) is 10.3 Å². The number of nitrogens with zero attached hydrogens (tertiary/aromatic N) is 2. The molecule has 22 heavy (non-hydrogen) atoms. The Labute approximate surface area is 129 Å². The fraction of sp³-hybridized carbons (Fsp3) is 0.438. The molecular formula is C16H21N3O3. The first kappa shape index (κ1) is 16.0. The van der Waals surface area contributed by atoms with Crippen molar-refractivity contribution in [2.75, 3.05) is 7.11 Å². The van der Waals surface area contributed by atoms with E-state index in [9.17, 15) is 9.59 Å². The number of benzene rings is 1. The van der Waals surface area contributed by atoms with Crippen molar-refractivity contribution in [1.82, 2.24) is 14.9 Å². The second-order valence-electron chi connectivity index (χ2n) is 5.55. The lowest BCUT2D eigenvalue weighted by Gasteiger charge is -2.26. The van der Waals surface area contributed by atoms with Gasteiger partial charge in [0.05, 0.1) is 18.1 Å². The van der Waals surface area contributed by atoms with Gasteiger partial charge in [0.2, 0.25) is 0 Å². The third-order valence-corrected chi connectivity index (χ3v) is 4.10. The Kier molecular flexibility index (Phi) is 4.21. The fourth-order valence-corrected chi connectivity index (χ4v) is 2.29. The molecule has 6 heteroatoms. The molecule has 118 valence electrons. The lowest BCUT2D eigenvalue weighted by atomic mass is 9.98. The van der Waals surface area contributed by atoms with Crippen molar-refractivity contribution in [1.29, 1.82) is 0 Å². The number of hydrogen-bond acceptors (Lipinski definition) is 4. The van der Waals surface area contributed by atoms with Gasteiger partial charge in [0.25, 0.3) is 5.91 Å². The third-order valence-electron chi connectivity index (χ3n) is 4.10. The van der Waals surface area contributed by atoms with Crippen LogP contribution in [0.15, 0.2) is 18.2 Å². The van der Waals surface area contributed by atoms with E-state index in [1.807, 2.05) is 31.5 Å². The number of aryl methyl sites for hydroxylation is 2. The molecule has 0 unspecified atom stereocenters. The van der Waals surface area contributed by atoms with Crippen molar-refractivity contribution in [3.8, 4) is 0 Å². The zero-order chi connectivity index (χ0) is 16.5. The molecule has 0 bridgehead atoms. The van der Waals surface area contributed by atoms with E-state index in [0.29, 0.717) is 12.0 Å². The number of methoxy groups -OCH3 is 1. The smallest absolute Gasteiger partial charge is 0.331 e. The molecule has 0 spiro atoms. The predicted molar refractivity (Wildman–Crippen MR) is 83.6 cm³/mol. The van der Waals surface area contributed by atoms with Crippen LogP contribution in [-0.4, -0.2) is 34.1 Å². The summed E-state index contributed by atoms with van der Waals surface area (Å²) in [5, 5.41) is 2.75. The number of carbonyl (C=O) groups excluding carboxylic acids is 2. The molecule has 1 atom stereocenters. The molecule has 0 saturated carbocycles. The average molecular weight is 303 g/mol. The van der Waals surface area contributed by atoms with Gasteiger partial charge in [0, 0.05) is 12.6 Å². The summed E-state index contributed by atoms with van der Waals surface area (Å²) in [7, 11) is 3.24. The highest BCUT2D eigenvalue weighted by molar-refractivity contribution is 6.00. The Bertz CT molecular complexity index is 736. The van der Waals surface area contributed by atoms with Crippen LogP contribution >= 0.6 is 0 Å². The van der Waals surface area contributed by atoms with E-state index in [4.69, 9.17) is 4.74 Å². The molecule has 2 rings (SSSR count). The van der Waals surface area contributed by atoms with Crippen LogP contribution in [0.2, 0.25) is 0 Å². The average Bonchev–Trinajstić information content (AvgIpc) is 2.80. The highest BCUT2D eigenvalue weighted by atomic mass is 16.5. The Balaban J connectivity index is 2.31. The van der Waals surface area contributed by atoms with Crippen molar-refractivity contribution in [2.24, 2.45) is 7.05 Å². The molecule has 1 amide bonds. The van der Waals surface area contributed by atoms with Gasteiger partial charge in [-0.1, -0.05) is 6.92 Å². The largest absolute Gasteiger partial charge is 0.467 e. The van der Waals surface area contributed by atoms with Crippen molar-refractivity contribution in [2.45, 2.75) is 32.7 Å². The summed E-state index contributed by atoms with van der Waals surface area (Å²) in [5.74, 6) is 0.0959. The van der Waals surface area contributed by atoms with Gasteiger partial charge in [0.15, 0.2) is 0 Å². The number of fused-ring (bicyclic) bond motifs is 1. The van der Waals surface area contributed by atoms with Crippen LogP contribution in [0, 0.1) is 6.92 Å². The monoisotopic (exact) mass is 303 g/mol. The van der Waals surface area contributed by atoms with Gasteiger partial charge in [-0.3, -0.25) is 4.79 Å². The quantitative estimate of drug-likeness (QED) is 0.876. The molecule has 0 aliphatic heterocycles. The number of esters is 1. The van der Waals surface area contributed by atoms with E-state index < -0.39 is 11.5 Å². The van der Waals surface area contributed by atoms with E-state index in [1.54, 1.807) is 19.1 Å². The SMILES string of the molecule is CC[C@](C)(NC(=O)c1ccc2c(c1)nc(C)n2C)C(=O)OC. The highest BCUT2D eigenvalue weighted by Crippen LogP contribution is 2.18. The lowest BCUT2D eigenvalue weighted by molar-refractivity contribution is -0.147. The molecule has 0 saturated heterocycles. The van der Waals surface area contributed by atoms with Crippen LogP contribution < -0.4 is 5.32 Å². The maximum absolute atomic E-state index is 12.4. The molecule has 1 N–H and O–H groups in total. The molecule has 0 fully saturated rings. The van der Waals surface area contributed by atoms with Gasteiger partial charge < -0.3 is 14.6 Å². The normalized spacial score (nSPS) is 13.7. The summed E-state index contributed by atoms with van der Waals surface area (Å²) in [4.78, 5) is 28.7. The molecule has 1 heterocycles. The van der Waals surface area contributed by atoms with Gasteiger partial charge >= 0.3 is 5.97 Å². The van der Waals surface area contributed by atoms with E-state index in [1.165, 1.54) is 7.11 Å². The maximum Gasteiger partial charge on any atom is 0.331 e. The lowest BCUT2D eigenvalue weighted by Crippen LogP contribution is -2.52. The summed E-state index contributed by atoms with van der Waals surface area (Å²) < 4.78 is 6.72. The topological polar surface area (TPSA) is 73.2 Å². The van der Waals surface area contributed by atoms with Crippen LogP contribution in [0.4, 0.5) is 0 Å². The number of rotatable bonds is 4. The maximum atomic E-state index is 12.4. The molecule has 6 nitrogen and oxygen atoms in total. The number of imidazole rings is 1. The summed E-state index contributed by atoms with van der Waals surface area (Å²) in [6.07, 6.45) is 0.441. The third kappa shape index (κ3) is 2.68. The van der Waals surface area contributed by atoms with Crippen LogP contribution in [-0.2, 0) is 16.6 Å². The second-order valence-corrected chi connectivity index (χ2v) is 5.55. The minimum atomic E-state index is -1.04. The Morgan fingerprint density at radius 2 is 2.09 bits per heavy atom. The van der Waals surface area contributed by atoms with Gasteiger partial charge in [-0.15, -0.1) is 0 Å². The summed E-state index contributed by atoms with van der Waals surface area (Å²) in [6, 6.07) is 5.31. The highest BCUT2D eigenvalue weighted by Gasteiger charge is 2.34. The molecule has 1 aromatic carbocycles. The van der Waals surface area contributed by atoms with Crippen LogP contribution in [0.5, 0.6) is 0 Å². The van der Waals surface area contributed by atoms with Crippen molar-refractivity contribution < 1.29 is 14.3 Å². The Morgan fingerprint density at radius 1 is 1.41 bits per heavy atom. The van der Waals surface area contributed by atoms with Gasteiger partial charge in [0.1, 0.15) is 11.4 Å². The Hall–Kier alpha value is -2.37. The van der Waals surface area contributed by atoms with Gasteiger partial charge in [-0.2, -0.15) is 0 Å². The Morgan fingerprint density at radius 3 is 2.68 bits per heavy atom. The van der Waals surface area contributed by atoms with Crippen molar-refractivity contribution >= 4 is 22.9 Å². The second kappa shape index (κ2) is 5.79. The number of ether oxygens (including phenoxy) is 1. The van der Waals surface area contributed by atoms with Crippen molar-refractivity contribution in [3.63, 3.8) is 0 Å². The first-order valence-corrected chi connectivity index (χ1v) is 7.16. The van der Waals surface area contributed by atoms with E-state index in [0.717, 1.165) is 16.9 Å². The van der Waals surface area contributed by atoms with Gasteiger partial charge in [-0.05, 0) is 38.5 Å². The van der Waals surface area contributed by atoms with Crippen LogP contribution in [0.25, 0.3) is 11.0 Å². The minimum Gasteiger partial charge on any atom is -0.467 e. The predicted octanol–water partition coefficient (Wildman–Crippen LogP) is 1.95. The minimum absolute atomic E-state index is 0.319. The summed E-state index contributed by atoms with van der Waals surface area (Å²) in [5.41, 5.74) is 1.14. The number of amides is 1. The number of nitrogens with one attached hydrogen (secondary N) is 1. The summed E-state index contributed by atoms with van der Waals surface area (Å²) >= 11 is 0. The summed E-state index contributed by atoms with van der Waals surface area (Å²) in [6.45, 7) is 5.38. The first-order chi connectivity index (χ1) is 10.3. The first-order valence-electron chi connectivity index (χ1n) is 7.16.